The van der Waals surface area contributed by atoms with Crippen molar-refractivity contribution in [3.63, 3.8) is 0 Å². The van der Waals surface area contributed by atoms with Crippen LogP contribution in [0.3, 0.4) is 0 Å². The molecule has 0 spiro atoms. The molecular formula is C12H7F4NO3. The van der Waals surface area contributed by atoms with Crippen LogP contribution in [0.15, 0.2) is 6.07 Å². The van der Waals surface area contributed by atoms with Crippen LogP contribution in [0.5, 0.6) is 0 Å². The van der Waals surface area contributed by atoms with Crippen molar-refractivity contribution in [3.05, 3.63) is 34.9 Å². The maximum Gasteiger partial charge on any atom is 0.323 e. The van der Waals surface area contributed by atoms with E-state index < -0.39 is 53.8 Å². The van der Waals surface area contributed by atoms with Gasteiger partial charge in [-0.2, -0.15) is 0 Å². The fraction of sp³-hybridized carbons (Fsp3) is 0.167. The Morgan fingerprint density at radius 2 is 1.80 bits per heavy atom. The summed E-state index contributed by atoms with van der Waals surface area (Å²) < 4.78 is 52.1. The van der Waals surface area contributed by atoms with Crippen LogP contribution in [0.25, 0.3) is 0 Å². The minimum atomic E-state index is -2.16. The van der Waals surface area contributed by atoms with Gasteiger partial charge in [0.1, 0.15) is 6.54 Å². The van der Waals surface area contributed by atoms with E-state index in [4.69, 9.17) is 11.5 Å². The van der Waals surface area contributed by atoms with E-state index in [9.17, 15) is 27.2 Å². The monoisotopic (exact) mass is 289 g/mol. The number of carbonyl (C=O) groups excluding carboxylic acids is 1. The number of carbonyl (C=O) groups is 2. The molecule has 0 radical (unpaired) electrons. The van der Waals surface area contributed by atoms with Crippen molar-refractivity contribution in [2.24, 2.45) is 0 Å². The molecule has 20 heavy (non-hydrogen) atoms. The normalized spacial score (nSPS) is 9.95. The third-order valence-electron chi connectivity index (χ3n) is 2.23. The van der Waals surface area contributed by atoms with Gasteiger partial charge in [-0.3, -0.25) is 9.59 Å². The highest BCUT2D eigenvalue weighted by molar-refractivity contribution is 5.96. The van der Waals surface area contributed by atoms with Crippen molar-refractivity contribution < 1.29 is 32.3 Å². The fourth-order valence-electron chi connectivity index (χ4n) is 1.37. The number of benzene rings is 1. The molecule has 0 aliphatic rings. The van der Waals surface area contributed by atoms with Crippen molar-refractivity contribution in [2.45, 2.75) is 0 Å². The molecular weight excluding hydrogens is 282 g/mol. The van der Waals surface area contributed by atoms with Gasteiger partial charge in [0.25, 0.3) is 5.91 Å². The molecule has 1 rings (SSSR count). The molecule has 4 nitrogen and oxygen atoms in total. The number of carboxylic acid groups (broad SMARTS) is 1. The van der Waals surface area contributed by atoms with Crippen LogP contribution in [-0.2, 0) is 4.79 Å². The number of nitrogens with zero attached hydrogens (tertiary/aromatic N) is 1. The summed E-state index contributed by atoms with van der Waals surface area (Å²) >= 11 is 0. The molecule has 1 N–H and O–H groups in total. The van der Waals surface area contributed by atoms with Crippen molar-refractivity contribution in [3.8, 4) is 12.3 Å². The Labute approximate surface area is 110 Å². The quantitative estimate of drug-likeness (QED) is 0.394. The number of amides is 1. The van der Waals surface area contributed by atoms with Gasteiger partial charge in [0, 0.05) is 0 Å². The zero-order valence-electron chi connectivity index (χ0n) is 9.79. The summed E-state index contributed by atoms with van der Waals surface area (Å²) in [6, 6.07) is 0.140. The Morgan fingerprint density at radius 3 is 2.30 bits per heavy atom. The van der Waals surface area contributed by atoms with Gasteiger partial charge in [0.15, 0.2) is 23.3 Å². The first-order valence-corrected chi connectivity index (χ1v) is 5.07. The first-order valence-electron chi connectivity index (χ1n) is 5.07. The van der Waals surface area contributed by atoms with Gasteiger partial charge in [0.05, 0.1) is 12.1 Å². The summed E-state index contributed by atoms with van der Waals surface area (Å²) in [6.45, 7) is -1.42. The first-order chi connectivity index (χ1) is 9.29. The number of halogens is 4. The molecule has 0 atom stereocenters. The lowest BCUT2D eigenvalue weighted by Gasteiger charge is -2.18. The predicted molar refractivity (Wildman–Crippen MR) is 58.6 cm³/mol. The third kappa shape index (κ3) is 3.06. The summed E-state index contributed by atoms with van der Waals surface area (Å²) in [6.07, 6.45) is 4.90. The van der Waals surface area contributed by atoms with Crippen LogP contribution >= 0.6 is 0 Å². The summed E-state index contributed by atoms with van der Waals surface area (Å²) in [4.78, 5) is 22.8. The summed E-state index contributed by atoms with van der Waals surface area (Å²) in [7, 11) is 0. The van der Waals surface area contributed by atoms with E-state index in [1.54, 1.807) is 0 Å². The van der Waals surface area contributed by atoms with E-state index in [0.717, 1.165) is 0 Å². The van der Waals surface area contributed by atoms with Crippen LogP contribution in [0.2, 0.25) is 0 Å². The molecule has 0 unspecified atom stereocenters. The molecule has 1 aromatic carbocycles. The average Bonchev–Trinajstić information content (AvgIpc) is 2.39. The zero-order chi connectivity index (χ0) is 15.4. The number of hydrogen-bond donors (Lipinski definition) is 1. The minimum Gasteiger partial charge on any atom is -0.480 e. The van der Waals surface area contributed by atoms with Gasteiger partial charge in [0.2, 0.25) is 0 Å². The summed E-state index contributed by atoms with van der Waals surface area (Å²) in [5, 5.41) is 8.56. The van der Waals surface area contributed by atoms with Gasteiger partial charge in [-0.05, 0) is 6.07 Å². The van der Waals surface area contributed by atoms with Crippen LogP contribution in [0.4, 0.5) is 17.6 Å². The van der Waals surface area contributed by atoms with Crippen LogP contribution in [0, 0.1) is 35.6 Å². The number of rotatable bonds is 4. The molecule has 0 aliphatic heterocycles. The van der Waals surface area contributed by atoms with Crippen LogP contribution in [-0.4, -0.2) is 35.0 Å². The number of hydrogen-bond acceptors (Lipinski definition) is 2. The van der Waals surface area contributed by atoms with Crippen LogP contribution in [0.1, 0.15) is 10.4 Å². The Bertz CT molecular complexity index is 610. The highest BCUT2D eigenvalue weighted by Crippen LogP contribution is 2.20. The van der Waals surface area contributed by atoms with Crippen molar-refractivity contribution in [1.82, 2.24) is 4.90 Å². The molecule has 0 saturated heterocycles. The first kappa shape index (κ1) is 15.5. The van der Waals surface area contributed by atoms with Gasteiger partial charge in [-0.1, -0.05) is 5.92 Å². The van der Waals surface area contributed by atoms with Gasteiger partial charge in [-0.25, -0.2) is 17.6 Å². The molecule has 0 heterocycles. The Morgan fingerprint density at radius 1 is 1.20 bits per heavy atom. The molecule has 1 aromatic rings. The predicted octanol–water partition coefficient (Wildman–Crippen LogP) is 1.40. The summed E-state index contributed by atoms with van der Waals surface area (Å²) in [5.41, 5.74) is -1.14. The number of terminal acetylenes is 1. The average molecular weight is 289 g/mol. The van der Waals surface area contributed by atoms with Crippen molar-refractivity contribution in [1.29, 1.82) is 0 Å². The molecule has 0 aliphatic carbocycles. The second-order valence-electron chi connectivity index (χ2n) is 3.61. The molecule has 1 amide bonds. The van der Waals surface area contributed by atoms with Gasteiger partial charge < -0.3 is 10.0 Å². The second kappa shape index (κ2) is 6.06. The molecule has 106 valence electrons. The Hall–Kier alpha value is -2.56. The van der Waals surface area contributed by atoms with E-state index in [2.05, 4.69) is 0 Å². The molecule has 0 bridgehead atoms. The number of carboxylic acids is 1. The molecule has 8 heteroatoms. The Kier molecular flexibility index (Phi) is 4.69. The fourth-order valence-corrected chi connectivity index (χ4v) is 1.37. The van der Waals surface area contributed by atoms with E-state index in [-0.39, 0.29) is 6.07 Å². The highest BCUT2D eigenvalue weighted by Gasteiger charge is 2.26. The SMILES string of the molecule is C#CCN(CC(=O)O)C(=O)c1cc(F)c(F)c(F)c1F. The maximum atomic E-state index is 13.4. The second-order valence-corrected chi connectivity index (χ2v) is 3.61. The standard InChI is InChI=1S/C12H7F4NO3/c1-2-3-17(5-8(18)19)12(20)6-4-7(13)10(15)11(16)9(6)14/h1,4H,3,5H2,(H,18,19). The lowest BCUT2D eigenvalue weighted by atomic mass is 10.1. The lowest BCUT2D eigenvalue weighted by Crippen LogP contribution is -2.36. The van der Waals surface area contributed by atoms with Crippen molar-refractivity contribution in [2.75, 3.05) is 13.1 Å². The van der Waals surface area contributed by atoms with Crippen molar-refractivity contribution >= 4 is 11.9 Å². The van der Waals surface area contributed by atoms with Gasteiger partial charge >= 0.3 is 5.97 Å². The van der Waals surface area contributed by atoms with E-state index in [0.29, 0.717) is 4.90 Å². The van der Waals surface area contributed by atoms with Crippen LogP contribution < -0.4 is 0 Å². The summed E-state index contributed by atoms with van der Waals surface area (Å²) in [5.74, 6) is -8.80. The minimum absolute atomic E-state index is 0.140. The smallest absolute Gasteiger partial charge is 0.323 e. The number of aliphatic carboxylic acids is 1. The molecule has 0 aromatic heterocycles. The maximum absolute atomic E-state index is 13.4. The highest BCUT2D eigenvalue weighted by atomic mass is 19.2. The zero-order valence-corrected chi connectivity index (χ0v) is 9.79. The third-order valence-corrected chi connectivity index (χ3v) is 2.23. The van der Waals surface area contributed by atoms with E-state index in [1.165, 1.54) is 0 Å². The molecule has 0 fully saturated rings. The van der Waals surface area contributed by atoms with Gasteiger partial charge in [-0.15, -0.1) is 6.42 Å². The Balaban J connectivity index is 3.25. The topological polar surface area (TPSA) is 57.6 Å². The molecule has 0 saturated carbocycles. The van der Waals surface area contributed by atoms with E-state index >= 15 is 0 Å². The lowest BCUT2D eigenvalue weighted by molar-refractivity contribution is -0.137. The largest absolute Gasteiger partial charge is 0.480 e. The van der Waals surface area contributed by atoms with E-state index in [1.807, 2.05) is 5.92 Å².